The van der Waals surface area contributed by atoms with Gasteiger partial charge in [0, 0.05) is 12.0 Å². The van der Waals surface area contributed by atoms with Gasteiger partial charge in [-0.25, -0.2) is 8.42 Å². The highest BCUT2D eigenvalue weighted by molar-refractivity contribution is 7.94. The summed E-state index contributed by atoms with van der Waals surface area (Å²) in [4.78, 5) is 3.92. The first-order valence-corrected chi connectivity index (χ1v) is 7.37. The molecule has 0 aromatic carbocycles. The van der Waals surface area contributed by atoms with Crippen LogP contribution in [0.2, 0.25) is 0 Å². The molecule has 0 aromatic rings. The molecule has 0 aromatic heterocycles. The number of nitrogens with zero attached hydrogens (tertiary/aromatic N) is 1. The van der Waals surface area contributed by atoms with E-state index in [1.54, 1.807) is 0 Å². The van der Waals surface area contributed by atoms with Gasteiger partial charge >= 0.3 is 0 Å². The minimum absolute atomic E-state index is 0. The lowest BCUT2D eigenvalue weighted by molar-refractivity contribution is 0.320. The van der Waals surface area contributed by atoms with Crippen LogP contribution < -0.4 is 16.8 Å². The van der Waals surface area contributed by atoms with Crippen LogP contribution >= 0.6 is 12.4 Å². The fourth-order valence-corrected chi connectivity index (χ4v) is 1.17. The van der Waals surface area contributed by atoms with E-state index in [1.165, 1.54) is 0 Å². The molecule has 0 radical (unpaired) electrons. The summed E-state index contributed by atoms with van der Waals surface area (Å²) < 4.78 is 20.6. The Hall–Kier alpha value is -1.32. The Morgan fingerprint density at radius 2 is 2.05 bits per heavy atom. The van der Waals surface area contributed by atoms with Crippen LogP contribution in [0.5, 0.6) is 0 Å². The highest BCUT2D eigenvalue weighted by atomic mass is 35.5. The number of nitrogens with one attached hydrogen (secondary N) is 2. The van der Waals surface area contributed by atoms with E-state index in [4.69, 9.17) is 22.0 Å². The van der Waals surface area contributed by atoms with E-state index in [-0.39, 0.29) is 36.7 Å². The number of sulfone groups is 1. The van der Waals surface area contributed by atoms with Gasteiger partial charge in [0.2, 0.25) is 0 Å². The zero-order chi connectivity index (χ0) is 15.3. The smallest absolute Gasteiger partial charge is 0.195 e. The van der Waals surface area contributed by atoms with E-state index in [0.717, 1.165) is 18.2 Å². The first-order chi connectivity index (χ1) is 8.79. The number of halogens is 1. The number of unbranched alkanes of at least 4 members (excludes halogenated alkanes) is 1. The quantitative estimate of drug-likeness (QED) is 0.252. The van der Waals surface area contributed by atoms with Gasteiger partial charge < -0.3 is 16.6 Å². The molecule has 0 aliphatic rings. The van der Waals surface area contributed by atoms with Crippen LogP contribution in [0.4, 0.5) is 0 Å². The summed E-state index contributed by atoms with van der Waals surface area (Å²) in [6, 6.07) is 0. The first kappa shape index (κ1) is 23.7. The summed E-state index contributed by atoms with van der Waals surface area (Å²) in [5, 5.41) is 18.1. The van der Waals surface area contributed by atoms with Crippen LogP contribution in [0.25, 0.3) is 0 Å². The Morgan fingerprint density at radius 1 is 1.50 bits per heavy atom. The Balaban J connectivity index is -0.000000288. The maximum atomic E-state index is 10.3. The number of aliphatic hydroxyl groups is 1. The molecule has 20 heavy (non-hydrogen) atoms. The topological polar surface area (TPSA) is 155 Å². The summed E-state index contributed by atoms with van der Waals surface area (Å²) in [6.45, 7) is 5.47. The van der Waals surface area contributed by atoms with E-state index in [0.29, 0.717) is 6.54 Å². The molecule has 0 bridgehead atoms. The largest absolute Gasteiger partial charge is 0.395 e. The fraction of sp³-hybridized carbons (Fsp3) is 0.600. The molecule has 10 heteroatoms. The molecule has 0 spiro atoms. The maximum absolute atomic E-state index is 10.3. The summed E-state index contributed by atoms with van der Waals surface area (Å²) in [7, 11) is -3.16. The fourth-order valence-electron chi connectivity index (χ4n) is 0.746. The zero-order valence-corrected chi connectivity index (χ0v) is 13.1. The summed E-state index contributed by atoms with van der Waals surface area (Å²) in [6.07, 6.45) is 2.08. The van der Waals surface area contributed by atoms with Crippen LogP contribution in [0.1, 0.15) is 19.8 Å². The van der Waals surface area contributed by atoms with Crippen molar-refractivity contribution in [3.63, 3.8) is 0 Å². The van der Waals surface area contributed by atoms with Crippen LogP contribution in [-0.4, -0.2) is 44.3 Å². The Morgan fingerprint density at radius 3 is 2.35 bits per heavy atom. The van der Waals surface area contributed by atoms with E-state index >= 15 is 0 Å². The van der Waals surface area contributed by atoms with Gasteiger partial charge in [-0.05, 0) is 6.42 Å². The molecule has 0 aliphatic heterocycles. The average Bonchev–Trinajstić information content (AvgIpc) is 2.29. The first-order valence-electron chi connectivity index (χ1n) is 5.66. The van der Waals surface area contributed by atoms with Gasteiger partial charge in [-0.1, -0.05) is 19.9 Å². The van der Waals surface area contributed by atoms with Crippen molar-refractivity contribution in [2.24, 2.45) is 16.5 Å². The SMILES string of the molecule is C=CS(=O)(=O)CCO.CCCCN=C(N)NC(=N)N.Cl. The Bertz CT molecular complexity index is 398. The van der Waals surface area contributed by atoms with Crippen molar-refractivity contribution < 1.29 is 13.5 Å². The third kappa shape index (κ3) is 19.0. The molecule has 8 nitrogen and oxygen atoms in total. The molecule has 0 rings (SSSR count). The van der Waals surface area contributed by atoms with Crippen molar-refractivity contribution in [1.82, 2.24) is 5.32 Å². The van der Waals surface area contributed by atoms with Crippen LogP contribution in [0.15, 0.2) is 17.0 Å². The number of nitrogens with two attached hydrogens (primary N) is 2. The van der Waals surface area contributed by atoms with Gasteiger partial charge in [-0.15, -0.1) is 12.4 Å². The molecule has 0 saturated carbocycles. The van der Waals surface area contributed by atoms with Crippen molar-refractivity contribution in [1.29, 1.82) is 5.41 Å². The average molecular weight is 330 g/mol. The van der Waals surface area contributed by atoms with Crippen molar-refractivity contribution in [3.05, 3.63) is 12.0 Å². The highest BCUT2D eigenvalue weighted by Gasteiger charge is 2.00. The van der Waals surface area contributed by atoms with Crippen molar-refractivity contribution in [2.75, 3.05) is 18.9 Å². The summed E-state index contributed by atoms with van der Waals surface area (Å²) >= 11 is 0. The lowest BCUT2D eigenvalue weighted by Gasteiger charge is -2.00. The second-order valence-electron chi connectivity index (χ2n) is 3.42. The van der Waals surface area contributed by atoms with Crippen molar-refractivity contribution >= 4 is 34.2 Å². The molecule has 7 N–H and O–H groups in total. The number of guanidine groups is 2. The third-order valence-electron chi connectivity index (χ3n) is 1.69. The van der Waals surface area contributed by atoms with Gasteiger partial charge in [0.15, 0.2) is 21.8 Å². The monoisotopic (exact) mass is 329 g/mol. The number of hydrogen-bond acceptors (Lipinski definition) is 5. The van der Waals surface area contributed by atoms with E-state index in [9.17, 15) is 8.42 Å². The summed E-state index contributed by atoms with van der Waals surface area (Å²) in [5.74, 6) is -0.190. The molecule has 0 saturated heterocycles. The van der Waals surface area contributed by atoms with Gasteiger partial charge in [-0.3, -0.25) is 15.7 Å². The van der Waals surface area contributed by atoms with Gasteiger partial charge in [0.25, 0.3) is 0 Å². The van der Waals surface area contributed by atoms with Crippen molar-refractivity contribution in [3.8, 4) is 0 Å². The number of hydrogen-bond donors (Lipinski definition) is 5. The van der Waals surface area contributed by atoms with Crippen LogP contribution in [0, 0.1) is 5.41 Å². The zero-order valence-electron chi connectivity index (χ0n) is 11.5. The van der Waals surface area contributed by atoms with E-state index in [1.807, 2.05) is 0 Å². The molecule has 0 heterocycles. The molecule has 0 amide bonds. The molecule has 0 fully saturated rings. The predicted octanol–water partition coefficient (Wildman–Crippen LogP) is -0.457. The number of rotatable bonds is 6. The maximum Gasteiger partial charge on any atom is 0.195 e. The lowest BCUT2D eigenvalue weighted by atomic mass is 10.3. The minimum Gasteiger partial charge on any atom is -0.395 e. The minimum atomic E-state index is -3.16. The lowest BCUT2D eigenvalue weighted by Crippen LogP contribution is -2.40. The number of aliphatic hydroxyl groups excluding tert-OH is 1. The third-order valence-corrected chi connectivity index (χ3v) is 2.95. The molecule has 0 unspecified atom stereocenters. The van der Waals surface area contributed by atoms with Gasteiger partial charge in [0.05, 0.1) is 12.4 Å². The second-order valence-corrected chi connectivity index (χ2v) is 5.48. The molecule has 0 atom stereocenters. The standard InChI is InChI=1S/C6H15N5.C4H8O3S.ClH/c1-2-3-4-10-6(9)11-5(7)8;1-2-8(6,7)4-3-5;/h2-4H2,1H3,(H6,7,8,9,10,11);2,5H,1,3-4H2;1H. The Labute approximate surface area is 126 Å². The van der Waals surface area contributed by atoms with Crippen LogP contribution in [-0.2, 0) is 9.84 Å². The molecular formula is C10H24ClN5O3S. The molecule has 0 aliphatic carbocycles. The molecular weight excluding hydrogens is 306 g/mol. The van der Waals surface area contributed by atoms with E-state index < -0.39 is 9.84 Å². The molecule has 120 valence electrons. The van der Waals surface area contributed by atoms with Crippen molar-refractivity contribution in [2.45, 2.75) is 19.8 Å². The van der Waals surface area contributed by atoms with Gasteiger partial charge in [-0.2, -0.15) is 0 Å². The predicted molar refractivity (Wildman–Crippen MR) is 84.8 cm³/mol. The highest BCUT2D eigenvalue weighted by Crippen LogP contribution is 1.86. The number of aliphatic imine (C=N–C) groups is 1. The summed E-state index contributed by atoms with van der Waals surface area (Å²) in [5.41, 5.74) is 10.3. The second kappa shape index (κ2) is 14.1. The van der Waals surface area contributed by atoms with Crippen LogP contribution in [0.3, 0.4) is 0 Å². The normalized spacial score (nSPS) is 10.6. The Kier molecular flexibility index (Phi) is 16.7. The van der Waals surface area contributed by atoms with Gasteiger partial charge in [0.1, 0.15) is 0 Å². The van der Waals surface area contributed by atoms with E-state index in [2.05, 4.69) is 23.8 Å².